The van der Waals surface area contributed by atoms with Crippen LogP contribution < -0.4 is 4.74 Å². The molecule has 0 radical (unpaired) electrons. The third-order valence-electron chi connectivity index (χ3n) is 2.12. The summed E-state index contributed by atoms with van der Waals surface area (Å²) in [4.78, 5) is 25.2. The van der Waals surface area contributed by atoms with E-state index in [4.69, 9.17) is 4.74 Å². The maximum absolute atomic E-state index is 10.8. The minimum Gasteiger partial charge on any atom is -0.465 e. The highest BCUT2D eigenvalue weighted by atomic mass is 16.6. The van der Waals surface area contributed by atoms with Gasteiger partial charge in [0.2, 0.25) is 0 Å². The number of rotatable bonds is 6. The van der Waals surface area contributed by atoms with Crippen LogP contribution in [0.25, 0.3) is 0 Å². The van der Waals surface area contributed by atoms with Gasteiger partial charge in [-0.2, -0.15) is 0 Å². The molecule has 0 saturated heterocycles. The first-order valence-corrected chi connectivity index (χ1v) is 5.66. The summed E-state index contributed by atoms with van der Waals surface area (Å²) in [6, 6.07) is 2.97. The average Bonchev–Trinajstić information content (AvgIpc) is 2.25. The summed E-state index contributed by atoms with van der Waals surface area (Å²) in [5, 5.41) is 10.8. The van der Waals surface area contributed by atoms with Crippen LogP contribution in [-0.4, -0.2) is 22.3 Å². The van der Waals surface area contributed by atoms with Crippen LogP contribution in [0, 0.1) is 16.0 Å². The minimum atomic E-state index is -0.568. The predicted octanol–water partition coefficient (Wildman–Crippen LogP) is 2.16. The lowest BCUT2D eigenvalue weighted by Crippen LogP contribution is -2.10. The third-order valence-corrected chi connectivity index (χ3v) is 2.12. The molecular formula is C12H16N2O4. The molecule has 0 fully saturated rings. The van der Waals surface area contributed by atoms with Gasteiger partial charge in [-0.3, -0.25) is 14.9 Å². The van der Waals surface area contributed by atoms with Crippen LogP contribution in [0.4, 0.5) is 5.69 Å². The number of nitrogens with zero attached hydrogens (tertiary/aromatic N) is 2. The van der Waals surface area contributed by atoms with E-state index in [2.05, 4.69) is 4.98 Å². The summed E-state index contributed by atoms with van der Waals surface area (Å²) in [7, 11) is 0. The molecule has 1 heterocycles. The average molecular weight is 252 g/mol. The van der Waals surface area contributed by atoms with Crippen LogP contribution in [0.2, 0.25) is 0 Å². The quantitative estimate of drug-likeness (QED) is 0.572. The van der Waals surface area contributed by atoms with E-state index in [1.807, 2.05) is 13.8 Å². The van der Waals surface area contributed by atoms with Crippen LogP contribution in [0.15, 0.2) is 12.1 Å². The first-order chi connectivity index (χ1) is 8.40. The van der Waals surface area contributed by atoms with Gasteiger partial charge in [-0.15, -0.1) is 0 Å². The SMILES string of the molecule is CC(=O)COc1nc(CC(C)C)ccc1[N+](=O)[O-]. The molecule has 98 valence electrons. The Bertz CT molecular complexity index is 457. The number of pyridine rings is 1. The molecule has 0 aliphatic rings. The van der Waals surface area contributed by atoms with E-state index in [-0.39, 0.29) is 24.0 Å². The summed E-state index contributed by atoms with van der Waals surface area (Å²) in [5.74, 6) is 0.0910. The lowest BCUT2D eigenvalue weighted by atomic mass is 10.1. The van der Waals surface area contributed by atoms with Gasteiger partial charge in [0.1, 0.15) is 6.61 Å². The van der Waals surface area contributed by atoms with E-state index in [0.717, 1.165) is 0 Å². The van der Waals surface area contributed by atoms with Crippen LogP contribution in [0.5, 0.6) is 5.88 Å². The van der Waals surface area contributed by atoms with Crippen LogP contribution in [0.3, 0.4) is 0 Å². The van der Waals surface area contributed by atoms with E-state index < -0.39 is 4.92 Å². The Morgan fingerprint density at radius 1 is 1.50 bits per heavy atom. The number of ketones is 1. The van der Waals surface area contributed by atoms with Crippen LogP contribution in [-0.2, 0) is 11.2 Å². The van der Waals surface area contributed by atoms with Crippen molar-refractivity contribution in [2.24, 2.45) is 5.92 Å². The molecule has 0 N–H and O–H groups in total. The summed E-state index contributed by atoms with van der Waals surface area (Å²) >= 11 is 0. The number of aromatic nitrogens is 1. The summed E-state index contributed by atoms with van der Waals surface area (Å²) < 4.78 is 5.08. The molecule has 1 rings (SSSR count). The maximum atomic E-state index is 10.8. The number of carbonyl (C=O) groups is 1. The van der Waals surface area contributed by atoms with E-state index in [1.165, 1.54) is 13.0 Å². The summed E-state index contributed by atoms with van der Waals surface area (Å²) in [6.45, 7) is 5.20. The van der Waals surface area contributed by atoms with Crippen molar-refractivity contribution < 1.29 is 14.5 Å². The molecule has 18 heavy (non-hydrogen) atoms. The van der Waals surface area contributed by atoms with Gasteiger partial charge in [-0.25, -0.2) is 4.98 Å². The van der Waals surface area contributed by atoms with E-state index in [0.29, 0.717) is 18.0 Å². The second-order valence-electron chi connectivity index (χ2n) is 4.47. The standard InChI is InChI=1S/C12H16N2O4/c1-8(2)6-10-4-5-11(14(16)17)12(13-10)18-7-9(3)15/h4-5,8H,6-7H2,1-3H3. The normalized spacial score (nSPS) is 10.4. The van der Waals surface area contributed by atoms with Crippen molar-refractivity contribution >= 4 is 11.5 Å². The first-order valence-electron chi connectivity index (χ1n) is 5.66. The van der Waals surface area contributed by atoms with Gasteiger partial charge in [-0.05, 0) is 25.3 Å². The molecule has 0 spiro atoms. The molecular weight excluding hydrogens is 236 g/mol. The summed E-state index contributed by atoms with van der Waals surface area (Å²) in [6.07, 6.45) is 0.703. The van der Waals surface area contributed by atoms with Crippen LogP contribution in [0.1, 0.15) is 26.5 Å². The zero-order valence-corrected chi connectivity index (χ0v) is 10.7. The number of carbonyl (C=O) groups excluding carboxylic acids is 1. The molecule has 0 aliphatic heterocycles. The van der Waals surface area contributed by atoms with Gasteiger partial charge in [0, 0.05) is 11.8 Å². The Kier molecular flexibility index (Phi) is 4.76. The Labute approximate surface area is 105 Å². The van der Waals surface area contributed by atoms with Crippen molar-refractivity contribution in [2.45, 2.75) is 27.2 Å². The molecule has 0 saturated carbocycles. The molecule has 0 bridgehead atoms. The largest absolute Gasteiger partial charge is 0.465 e. The fourth-order valence-electron chi connectivity index (χ4n) is 1.42. The zero-order valence-electron chi connectivity index (χ0n) is 10.7. The smallest absolute Gasteiger partial charge is 0.330 e. The number of hydrogen-bond donors (Lipinski definition) is 0. The van der Waals surface area contributed by atoms with Crippen molar-refractivity contribution in [1.29, 1.82) is 0 Å². The Morgan fingerprint density at radius 2 is 2.17 bits per heavy atom. The highest BCUT2D eigenvalue weighted by Crippen LogP contribution is 2.25. The fraction of sp³-hybridized carbons (Fsp3) is 0.500. The van der Waals surface area contributed by atoms with Crippen molar-refractivity contribution in [3.05, 3.63) is 27.9 Å². The van der Waals surface area contributed by atoms with E-state index >= 15 is 0 Å². The van der Waals surface area contributed by atoms with Gasteiger partial charge in [-0.1, -0.05) is 13.8 Å². The number of ether oxygens (including phenoxy) is 1. The van der Waals surface area contributed by atoms with Gasteiger partial charge in [0.05, 0.1) is 4.92 Å². The van der Waals surface area contributed by atoms with Crippen LogP contribution >= 0.6 is 0 Å². The molecule has 0 amide bonds. The van der Waals surface area contributed by atoms with Crippen molar-refractivity contribution in [3.63, 3.8) is 0 Å². The molecule has 6 nitrogen and oxygen atoms in total. The molecule has 6 heteroatoms. The van der Waals surface area contributed by atoms with Crippen molar-refractivity contribution in [1.82, 2.24) is 4.98 Å². The number of Topliss-reactive ketones (excluding diaryl/α,β-unsaturated/α-hetero) is 1. The molecule has 0 unspecified atom stereocenters. The third kappa shape index (κ3) is 4.12. The predicted molar refractivity (Wildman–Crippen MR) is 65.6 cm³/mol. The van der Waals surface area contributed by atoms with Gasteiger partial charge in [0.15, 0.2) is 5.78 Å². The fourth-order valence-corrected chi connectivity index (χ4v) is 1.42. The number of nitro groups is 1. The molecule has 1 aromatic heterocycles. The summed E-state index contributed by atoms with van der Waals surface area (Å²) in [5.41, 5.74) is 0.498. The van der Waals surface area contributed by atoms with Gasteiger partial charge in [0.25, 0.3) is 5.88 Å². The Balaban J connectivity index is 2.99. The van der Waals surface area contributed by atoms with Gasteiger partial charge >= 0.3 is 5.69 Å². The first kappa shape index (κ1) is 14.1. The Hall–Kier alpha value is -1.98. The second-order valence-corrected chi connectivity index (χ2v) is 4.47. The zero-order chi connectivity index (χ0) is 13.7. The highest BCUT2D eigenvalue weighted by Gasteiger charge is 2.18. The molecule has 0 atom stereocenters. The molecule has 1 aromatic rings. The lowest BCUT2D eigenvalue weighted by molar-refractivity contribution is -0.386. The lowest BCUT2D eigenvalue weighted by Gasteiger charge is -2.07. The van der Waals surface area contributed by atoms with E-state index in [9.17, 15) is 14.9 Å². The molecule has 0 aliphatic carbocycles. The van der Waals surface area contributed by atoms with Crippen molar-refractivity contribution in [2.75, 3.05) is 6.61 Å². The monoisotopic (exact) mass is 252 g/mol. The second kappa shape index (κ2) is 6.09. The maximum Gasteiger partial charge on any atom is 0.330 e. The topological polar surface area (TPSA) is 82.3 Å². The van der Waals surface area contributed by atoms with Gasteiger partial charge < -0.3 is 4.74 Å². The van der Waals surface area contributed by atoms with E-state index in [1.54, 1.807) is 6.07 Å². The molecule has 0 aromatic carbocycles. The minimum absolute atomic E-state index is 0.0895. The highest BCUT2D eigenvalue weighted by molar-refractivity contribution is 5.77. The Morgan fingerprint density at radius 3 is 2.67 bits per heavy atom. The van der Waals surface area contributed by atoms with Crippen molar-refractivity contribution in [3.8, 4) is 5.88 Å². The number of hydrogen-bond acceptors (Lipinski definition) is 5.